The predicted molar refractivity (Wildman–Crippen MR) is 61.1 cm³/mol. The van der Waals surface area contributed by atoms with E-state index in [0.717, 1.165) is 24.1 Å². The minimum atomic E-state index is 0.229. The van der Waals surface area contributed by atoms with E-state index in [4.69, 9.17) is 5.11 Å². The lowest BCUT2D eigenvalue weighted by molar-refractivity contribution is 0.205. The Labute approximate surface area is 89.8 Å². The maximum Gasteiger partial charge on any atom is 0.0558 e. The van der Waals surface area contributed by atoms with E-state index < -0.39 is 0 Å². The van der Waals surface area contributed by atoms with Crippen molar-refractivity contribution in [2.75, 3.05) is 26.2 Å². The Morgan fingerprint density at radius 2 is 2.08 bits per heavy atom. The van der Waals surface area contributed by atoms with Crippen LogP contribution in [0.5, 0.6) is 0 Å². The molecule has 0 aromatic carbocycles. The van der Waals surface area contributed by atoms with Crippen LogP contribution in [-0.2, 0) is 0 Å². The summed E-state index contributed by atoms with van der Waals surface area (Å²) in [6, 6.07) is 0. The number of halogens is 1. The number of hydrogen-bond donors (Lipinski definition) is 1. The van der Waals surface area contributed by atoms with Gasteiger partial charge in [-0.25, -0.2) is 0 Å². The monoisotopic (exact) mass is 249 g/mol. The van der Waals surface area contributed by atoms with Crippen LogP contribution in [0.2, 0.25) is 0 Å². The van der Waals surface area contributed by atoms with Gasteiger partial charge in [0.05, 0.1) is 6.61 Å². The second kappa shape index (κ2) is 8.73. The molecule has 0 spiro atoms. The second-order valence-electron chi connectivity index (χ2n) is 3.22. The molecule has 0 saturated carbocycles. The van der Waals surface area contributed by atoms with Crippen LogP contribution in [0.1, 0.15) is 26.2 Å². The van der Waals surface area contributed by atoms with Gasteiger partial charge in [-0.3, -0.25) is 4.90 Å². The van der Waals surface area contributed by atoms with Crippen molar-refractivity contribution < 1.29 is 5.11 Å². The first kappa shape index (κ1) is 13.1. The number of nitrogens with zero attached hydrogens (tertiary/aromatic N) is 1. The minimum absolute atomic E-state index is 0.229. The predicted octanol–water partition coefficient (Wildman–Crippen LogP) is 2.38. The molecule has 0 unspecified atom stereocenters. The highest BCUT2D eigenvalue weighted by Crippen LogP contribution is 2.05. The van der Waals surface area contributed by atoms with Gasteiger partial charge in [-0.2, -0.15) is 0 Å². The highest BCUT2D eigenvalue weighted by Gasteiger charge is 2.03. The minimum Gasteiger partial charge on any atom is -0.395 e. The maximum absolute atomic E-state index is 8.82. The first-order chi connectivity index (χ1) is 6.20. The quantitative estimate of drug-likeness (QED) is 0.668. The van der Waals surface area contributed by atoms with Crippen LogP contribution in [0.3, 0.4) is 0 Å². The van der Waals surface area contributed by atoms with E-state index >= 15 is 0 Å². The van der Waals surface area contributed by atoms with Gasteiger partial charge in [-0.15, -0.1) is 0 Å². The van der Waals surface area contributed by atoms with Crippen molar-refractivity contribution in [3.8, 4) is 0 Å². The average Bonchev–Trinajstić information content (AvgIpc) is 2.04. The van der Waals surface area contributed by atoms with Crippen LogP contribution < -0.4 is 0 Å². The van der Waals surface area contributed by atoms with Gasteiger partial charge < -0.3 is 5.11 Å². The summed E-state index contributed by atoms with van der Waals surface area (Å²) in [6.07, 6.45) is 3.70. The van der Waals surface area contributed by atoms with E-state index in [2.05, 4.69) is 34.3 Å². The first-order valence-electron chi connectivity index (χ1n) is 4.87. The number of aliphatic hydroxyl groups excluding tert-OH is 1. The molecule has 0 saturated heterocycles. The molecule has 0 aliphatic heterocycles. The van der Waals surface area contributed by atoms with Crippen LogP contribution in [0.15, 0.2) is 11.1 Å². The number of unbranched alkanes of at least 4 members (excludes halogenated alkanes) is 2. The molecular formula is C10H20BrNO. The van der Waals surface area contributed by atoms with Gasteiger partial charge in [-0.05, 0) is 13.0 Å². The van der Waals surface area contributed by atoms with Crippen molar-refractivity contribution in [3.05, 3.63) is 11.1 Å². The maximum atomic E-state index is 8.82. The van der Waals surface area contributed by atoms with Gasteiger partial charge in [0.2, 0.25) is 0 Å². The highest BCUT2D eigenvalue weighted by atomic mass is 79.9. The third kappa shape index (κ3) is 8.47. The normalized spacial score (nSPS) is 10.8. The van der Waals surface area contributed by atoms with Crippen molar-refractivity contribution in [1.29, 1.82) is 0 Å². The lowest BCUT2D eigenvalue weighted by atomic mass is 10.2. The third-order valence-corrected chi connectivity index (χ3v) is 2.14. The molecule has 0 rings (SSSR count). The Morgan fingerprint density at radius 3 is 2.54 bits per heavy atom. The molecule has 13 heavy (non-hydrogen) atoms. The van der Waals surface area contributed by atoms with Gasteiger partial charge in [0.1, 0.15) is 0 Å². The molecule has 1 N–H and O–H groups in total. The fourth-order valence-electron chi connectivity index (χ4n) is 1.24. The summed E-state index contributed by atoms with van der Waals surface area (Å²) in [5, 5.41) is 8.82. The summed E-state index contributed by atoms with van der Waals surface area (Å²) in [5.74, 6) is 0. The van der Waals surface area contributed by atoms with Gasteiger partial charge >= 0.3 is 0 Å². The molecular weight excluding hydrogens is 230 g/mol. The molecule has 0 aliphatic carbocycles. The Balaban J connectivity index is 3.59. The van der Waals surface area contributed by atoms with Crippen molar-refractivity contribution in [1.82, 2.24) is 4.90 Å². The topological polar surface area (TPSA) is 23.5 Å². The second-order valence-corrected chi connectivity index (χ2v) is 4.35. The van der Waals surface area contributed by atoms with E-state index in [1.165, 1.54) is 19.3 Å². The zero-order valence-corrected chi connectivity index (χ0v) is 10.0. The van der Waals surface area contributed by atoms with Crippen LogP contribution in [0.4, 0.5) is 0 Å². The Kier molecular flexibility index (Phi) is 8.82. The lowest BCUT2D eigenvalue weighted by Crippen LogP contribution is -2.29. The lowest BCUT2D eigenvalue weighted by Gasteiger charge is -2.20. The fraction of sp³-hybridized carbons (Fsp3) is 0.800. The largest absolute Gasteiger partial charge is 0.395 e. The highest BCUT2D eigenvalue weighted by molar-refractivity contribution is 9.11. The number of aliphatic hydroxyl groups is 1. The number of hydrogen-bond acceptors (Lipinski definition) is 2. The SMILES string of the molecule is C=C(Br)CN(CCO)CCCCC. The zero-order chi connectivity index (χ0) is 10.1. The summed E-state index contributed by atoms with van der Waals surface area (Å²) in [7, 11) is 0. The van der Waals surface area contributed by atoms with E-state index in [9.17, 15) is 0 Å². The van der Waals surface area contributed by atoms with Gasteiger partial charge in [0, 0.05) is 17.6 Å². The Hall–Kier alpha value is 0.140. The Bertz CT molecular complexity index is 139. The summed E-state index contributed by atoms with van der Waals surface area (Å²) in [5.41, 5.74) is 0. The third-order valence-electron chi connectivity index (χ3n) is 1.89. The van der Waals surface area contributed by atoms with Crippen LogP contribution in [0, 0.1) is 0 Å². The van der Waals surface area contributed by atoms with Gasteiger partial charge in [0.25, 0.3) is 0 Å². The summed E-state index contributed by atoms with van der Waals surface area (Å²) in [6.45, 7) is 8.86. The van der Waals surface area contributed by atoms with Crippen LogP contribution in [-0.4, -0.2) is 36.2 Å². The molecule has 0 amide bonds. The Morgan fingerprint density at radius 1 is 1.38 bits per heavy atom. The molecule has 0 fully saturated rings. The van der Waals surface area contributed by atoms with E-state index in [0.29, 0.717) is 0 Å². The molecule has 0 radical (unpaired) electrons. The van der Waals surface area contributed by atoms with Crippen LogP contribution >= 0.6 is 15.9 Å². The molecule has 3 heteroatoms. The molecule has 0 aliphatic rings. The standard InChI is InChI=1S/C10H20BrNO/c1-3-4-5-6-12(7-8-13)9-10(2)11/h13H,2-9H2,1H3. The molecule has 0 heterocycles. The van der Waals surface area contributed by atoms with Crippen molar-refractivity contribution in [2.45, 2.75) is 26.2 Å². The molecule has 78 valence electrons. The molecule has 0 bridgehead atoms. The zero-order valence-electron chi connectivity index (χ0n) is 8.43. The van der Waals surface area contributed by atoms with Crippen molar-refractivity contribution in [2.24, 2.45) is 0 Å². The van der Waals surface area contributed by atoms with Crippen LogP contribution in [0.25, 0.3) is 0 Å². The number of rotatable bonds is 8. The van der Waals surface area contributed by atoms with Crippen molar-refractivity contribution in [3.63, 3.8) is 0 Å². The first-order valence-corrected chi connectivity index (χ1v) is 5.66. The molecule has 2 nitrogen and oxygen atoms in total. The summed E-state index contributed by atoms with van der Waals surface area (Å²) >= 11 is 3.34. The average molecular weight is 250 g/mol. The van der Waals surface area contributed by atoms with Gasteiger partial charge in [-0.1, -0.05) is 42.3 Å². The van der Waals surface area contributed by atoms with E-state index in [-0.39, 0.29) is 6.61 Å². The van der Waals surface area contributed by atoms with E-state index in [1.54, 1.807) is 0 Å². The molecule has 0 atom stereocenters. The van der Waals surface area contributed by atoms with Crippen molar-refractivity contribution >= 4 is 15.9 Å². The molecule has 0 aromatic rings. The fourth-order valence-corrected chi connectivity index (χ4v) is 1.59. The summed E-state index contributed by atoms with van der Waals surface area (Å²) in [4.78, 5) is 2.22. The summed E-state index contributed by atoms with van der Waals surface area (Å²) < 4.78 is 0.984. The smallest absolute Gasteiger partial charge is 0.0558 e. The van der Waals surface area contributed by atoms with E-state index in [1.807, 2.05) is 0 Å². The molecule has 0 aromatic heterocycles. The van der Waals surface area contributed by atoms with Gasteiger partial charge in [0.15, 0.2) is 0 Å².